The lowest BCUT2D eigenvalue weighted by Gasteiger charge is -2.33. The summed E-state index contributed by atoms with van der Waals surface area (Å²) in [6.07, 6.45) is 1.94. The second kappa shape index (κ2) is 6.65. The Morgan fingerprint density at radius 1 is 1.67 bits per heavy atom. The van der Waals surface area contributed by atoms with Gasteiger partial charge in [-0.2, -0.15) is 5.26 Å². The molecule has 0 aliphatic carbocycles. The van der Waals surface area contributed by atoms with Crippen molar-refractivity contribution in [2.24, 2.45) is 5.41 Å². The third-order valence-corrected chi connectivity index (χ3v) is 2.60. The molecule has 0 saturated carbocycles. The summed E-state index contributed by atoms with van der Waals surface area (Å²) < 4.78 is 5.01. The Labute approximate surface area is 96.4 Å². The van der Waals surface area contributed by atoms with Crippen LogP contribution in [0.1, 0.15) is 26.2 Å². The lowest BCUT2D eigenvalue weighted by molar-refractivity contribution is -0.156. The summed E-state index contributed by atoms with van der Waals surface area (Å²) in [4.78, 5) is 11.7. The highest BCUT2D eigenvalue weighted by molar-refractivity contribution is 5.85. The van der Waals surface area contributed by atoms with E-state index < -0.39 is 5.41 Å². The summed E-state index contributed by atoms with van der Waals surface area (Å²) >= 11 is 0. The van der Waals surface area contributed by atoms with Crippen LogP contribution in [0.4, 0.5) is 0 Å². The SMILES string of the molecule is CCOC(=O)C1(CC#N)CCCNC1.Cl. The van der Waals surface area contributed by atoms with Gasteiger partial charge in [-0.25, -0.2) is 0 Å². The van der Waals surface area contributed by atoms with E-state index in [-0.39, 0.29) is 24.8 Å². The van der Waals surface area contributed by atoms with E-state index in [1.807, 2.05) is 0 Å². The lowest BCUT2D eigenvalue weighted by atomic mass is 9.78. The second-order valence-electron chi connectivity index (χ2n) is 3.62. The number of hydrogen-bond acceptors (Lipinski definition) is 4. The molecule has 0 amide bonds. The van der Waals surface area contributed by atoms with Gasteiger partial charge >= 0.3 is 5.97 Å². The third kappa shape index (κ3) is 3.37. The first-order chi connectivity index (χ1) is 6.75. The standard InChI is InChI=1S/C10H16N2O2.ClH/c1-2-14-9(13)10(5-6-11)4-3-7-12-8-10;/h12H,2-5,7-8H2,1H3;1H. The van der Waals surface area contributed by atoms with Gasteiger partial charge < -0.3 is 10.1 Å². The van der Waals surface area contributed by atoms with Crippen molar-refractivity contribution in [2.45, 2.75) is 26.2 Å². The first kappa shape index (κ1) is 14.2. The molecule has 86 valence electrons. The predicted molar refractivity (Wildman–Crippen MR) is 58.6 cm³/mol. The number of nitrogens with zero attached hydrogens (tertiary/aromatic N) is 1. The predicted octanol–water partition coefficient (Wildman–Crippen LogP) is 1.25. The van der Waals surface area contributed by atoms with Crippen LogP contribution in [0.15, 0.2) is 0 Å². The van der Waals surface area contributed by atoms with Crippen LogP contribution in [0.5, 0.6) is 0 Å². The topological polar surface area (TPSA) is 62.1 Å². The number of ether oxygens (including phenoxy) is 1. The van der Waals surface area contributed by atoms with Gasteiger partial charge in [0, 0.05) is 6.54 Å². The maximum atomic E-state index is 11.7. The molecule has 1 fully saturated rings. The van der Waals surface area contributed by atoms with Gasteiger partial charge in [0.2, 0.25) is 0 Å². The van der Waals surface area contributed by atoms with Gasteiger partial charge in [-0.05, 0) is 26.3 Å². The minimum atomic E-state index is -0.594. The highest BCUT2D eigenvalue weighted by Crippen LogP contribution is 2.31. The molecule has 1 aliphatic rings. The average Bonchev–Trinajstić information content (AvgIpc) is 2.20. The Kier molecular flexibility index (Phi) is 6.30. The van der Waals surface area contributed by atoms with E-state index in [1.165, 1.54) is 0 Å². The minimum absolute atomic E-state index is 0. The molecule has 15 heavy (non-hydrogen) atoms. The molecule has 0 aromatic carbocycles. The number of piperidine rings is 1. The van der Waals surface area contributed by atoms with Gasteiger partial charge in [-0.1, -0.05) is 0 Å². The van der Waals surface area contributed by atoms with E-state index >= 15 is 0 Å². The van der Waals surface area contributed by atoms with Crippen LogP contribution in [0, 0.1) is 16.7 Å². The van der Waals surface area contributed by atoms with Gasteiger partial charge in [0.25, 0.3) is 0 Å². The van der Waals surface area contributed by atoms with Crippen molar-refractivity contribution >= 4 is 18.4 Å². The minimum Gasteiger partial charge on any atom is -0.465 e. The summed E-state index contributed by atoms with van der Waals surface area (Å²) in [5.74, 6) is -0.228. The first-order valence-electron chi connectivity index (χ1n) is 5.00. The Bertz CT molecular complexity index is 244. The monoisotopic (exact) mass is 232 g/mol. The van der Waals surface area contributed by atoms with E-state index in [0.717, 1.165) is 19.4 Å². The molecule has 0 aromatic heterocycles. The quantitative estimate of drug-likeness (QED) is 0.744. The van der Waals surface area contributed by atoms with E-state index in [2.05, 4.69) is 11.4 Å². The first-order valence-corrected chi connectivity index (χ1v) is 5.00. The van der Waals surface area contributed by atoms with Crippen LogP contribution in [0.25, 0.3) is 0 Å². The second-order valence-corrected chi connectivity index (χ2v) is 3.62. The van der Waals surface area contributed by atoms with Crippen LogP contribution < -0.4 is 5.32 Å². The summed E-state index contributed by atoms with van der Waals surface area (Å²) in [6, 6.07) is 2.08. The van der Waals surface area contributed by atoms with E-state index in [4.69, 9.17) is 10.00 Å². The molecule has 1 rings (SSSR count). The summed E-state index contributed by atoms with van der Waals surface area (Å²) in [6.45, 7) is 3.66. The van der Waals surface area contributed by atoms with Crippen LogP contribution >= 0.6 is 12.4 Å². The number of esters is 1. The highest BCUT2D eigenvalue weighted by Gasteiger charge is 2.40. The van der Waals surface area contributed by atoms with Crippen molar-refractivity contribution in [3.8, 4) is 6.07 Å². The van der Waals surface area contributed by atoms with Crippen molar-refractivity contribution in [2.75, 3.05) is 19.7 Å². The smallest absolute Gasteiger partial charge is 0.314 e. The van der Waals surface area contributed by atoms with Gasteiger partial charge in [-0.3, -0.25) is 4.79 Å². The molecule has 0 bridgehead atoms. The molecule has 5 heteroatoms. The van der Waals surface area contributed by atoms with Crippen LogP contribution in [0.2, 0.25) is 0 Å². The highest BCUT2D eigenvalue weighted by atomic mass is 35.5. The molecule has 1 aliphatic heterocycles. The van der Waals surface area contributed by atoms with Gasteiger partial charge in [0.1, 0.15) is 0 Å². The van der Waals surface area contributed by atoms with Crippen molar-refractivity contribution < 1.29 is 9.53 Å². The zero-order valence-electron chi connectivity index (χ0n) is 8.91. The van der Waals surface area contributed by atoms with Crippen molar-refractivity contribution in [1.82, 2.24) is 5.32 Å². The number of nitriles is 1. The lowest BCUT2D eigenvalue weighted by Crippen LogP contribution is -2.46. The van der Waals surface area contributed by atoms with Gasteiger partial charge in [0.05, 0.1) is 24.5 Å². The number of hydrogen-bond donors (Lipinski definition) is 1. The van der Waals surface area contributed by atoms with Crippen molar-refractivity contribution in [3.05, 3.63) is 0 Å². The molecule has 1 heterocycles. The molecule has 0 radical (unpaired) electrons. The maximum Gasteiger partial charge on any atom is 0.314 e. The zero-order chi connectivity index (χ0) is 10.4. The number of rotatable bonds is 3. The summed E-state index contributed by atoms with van der Waals surface area (Å²) in [5.41, 5.74) is -0.594. The van der Waals surface area contributed by atoms with E-state index in [0.29, 0.717) is 13.2 Å². The largest absolute Gasteiger partial charge is 0.465 e. The zero-order valence-corrected chi connectivity index (χ0v) is 9.73. The summed E-state index contributed by atoms with van der Waals surface area (Å²) in [7, 11) is 0. The molecule has 0 aromatic rings. The van der Waals surface area contributed by atoms with Crippen molar-refractivity contribution in [1.29, 1.82) is 5.26 Å². The number of carbonyl (C=O) groups excluding carboxylic acids is 1. The van der Waals surface area contributed by atoms with Crippen LogP contribution in [-0.2, 0) is 9.53 Å². The van der Waals surface area contributed by atoms with Crippen LogP contribution in [0.3, 0.4) is 0 Å². The molecular formula is C10H17ClN2O2. The van der Waals surface area contributed by atoms with Gasteiger partial charge in [0.15, 0.2) is 0 Å². The Hall–Kier alpha value is -0.790. The maximum absolute atomic E-state index is 11.7. The fourth-order valence-electron chi connectivity index (χ4n) is 1.80. The fourth-order valence-corrected chi connectivity index (χ4v) is 1.80. The molecule has 1 unspecified atom stereocenters. The summed E-state index contributed by atoms with van der Waals surface area (Å²) in [5, 5.41) is 11.9. The van der Waals surface area contributed by atoms with E-state index in [9.17, 15) is 4.79 Å². The normalized spacial score (nSPS) is 24.8. The molecular weight excluding hydrogens is 216 g/mol. The number of halogens is 1. The number of carbonyl (C=O) groups is 1. The van der Waals surface area contributed by atoms with Gasteiger partial charge in [-0.15, -0.1) is 12.4 Å². The van der Waals surface area contributed by atoms with Crippen LogP contribution in [-0.4, -0.2) is 25.7 Å². The Morgan fingerprint density at radius 3 is 2.87 bits per heavy atom. The molecule has 0 spiro atoms. The Morgan fingerprint density at radius 2 is 2.40 bits per heavy atom. The van der Waals surface area contributed by atoms with E-state index in [1.54, 1.807) is 6.92 Å². The average molecular weight is 233 g/mol. The number of nitrogens with one attached hydrogen (secondary N) is 1. The molecule has 1 atom stereocenters. The molecule has 4 nitrogen and oxygen atoms in total. The molecule has 1 saturated heterocycles. The fraction of sp³-hybridized carbons (Fsp3) is 0.800. The third-order valence-electron chi connectivity index (χ3n) is 2.60. The molecule has 1 N–H and O–H groups in total. The Balaban J connectivity index is 0.00000196. The van der Waals surface area contributed by atoms with Crippen molar-refractivity contribution in [3.63, 3.8) is 0 Å².